The summed E-state index contributed by atoms with van der Waals surface area (Å²) in [5.41, 5.74) is -0.125. The molecule has 0 aliphatic heterocycles. The fourth-order valence-corrected chi connectivity index (χ4v) is 1.64. The summed E-state index contributed by atoms with van der Waals surface area (Å²) in [6.07, 6.45) is 2.52. The molecule has 92 valence electrons. The average molecular weight is 312 g/mol. The summed E-state index contributed by atoms with van der Waals surface area (Å²) >= 11 is 3.12. The molecule has 1 heterocycles. The second-order valence-corrected chi connectivity index (χ2v) is 4.27. The van der Waals surface area contributed by atoms with Crippen LogP contribution >= 0.6 is 15.9 Å². The molecule has 4 nitrogen and oxygen atoms in total. The molecular formula is C12H7BrFNO3. The van der Waals surface area contributed by atoms with Crippen molar-refractivity contribution in [3.63, 3.8) is 0 Å². The van der Waals surface area contributed by atoms with Crippen LogP contribution in [0.25, 0.3) is 0 Å². The number of hydrogen-bond donors (Lipinski definition) is 1. The number of hydrogen-bond acceptors (Lipinski definition) is 3. The van der Waals surface area contributed by atoms with Crippen molar-refractivity contribution < 1.29 is 19.0 Å². The summed E-state index contributed by atoms with van der Waals surface area (Å²) in [7, 11) is 0. The molecular weight excluding hydrogens is 305 g/mol. The van der Waals surface area contributed by atoms with Crippen LogP contribution in [0.4, 0.5) is 4.39 Å². The van der Waals surface area contributed by atoms with E-state index in [2.05, 4.69) is 20.9 Å². The highest BCUT2D eigenvalue weighted by Crippen LogP contribution is 2.28. The van der Waals surface area contributed by atoms with Gasteiger partial charge in [-0.3, -0.25) is 4.98 Å². The molecule has 1 N–H and O–H groups in total. The van der Waals surface area contributed by atoms with Gasteiger partial charge in [0.1, 0.15) is 11.3 Å². The predicted molar refractivity (Wildman–Crippen MR) is 65.4 cm³/mol. The monoisotopic (exact) mass is 311 g/mol. The minimum Gasteiger partial charge on any atom is -0.477 e. The van der Waals surface area contributed by atoms with Crippen LogP contribution in [0.1, 0.15) is 10.4 Å². The quantitative estimate of drug-likeness (QED) is 0.943. The zero-order chi connectivity index (χ0) is 13.1. The highest BCUT2D eigenvalue weighted by atomic mass is 79.9. The Morgan fingerprint density at radius 3 is 2.78 bits per heavy atom. The number of ether oxygens (including phenoxy) is 1. The Hall–Kier alpha value is -1.95. The summed E-state index contributed by atoms with van der Waals surface area (Å²) < 4.78 is 19.4. The van der Waals surface area contributed by atoms with Gasteiger partial charge < -0.3 is 9.84 Å². The number of pyridine rings is 1. The Morgan fingerprint density at radius 2 is 2.11 bits per heavy atom. The first-order chi connectivity index (χ1) is 8.58. The maximum absolute atomic E-state index is 13.6. The third-order valence-electron chi connectivity index (χ3n) is 2.13. The molecule has 0 spiro atoms. The van der Waals surface area contributed by atoms with Gasteiger partial charge in [-0.25, -0.2) is 9.18 Å². The van der Waals surface area contributed by atoms with E-state index < -0.39 is 11.8 Å². The number of nitrogens with zero attached hydrogens (tertiary/aromatic N) is 1. The van der Waals surface area contributed by atoms with Crippen molar-refractivity contribution in [2.45, 2.75) is 0 Å². The average Bonchev–Trinajstić information content (AvgIpc) is 2.33. The van der Waals surface area contributed by atoms with E-state index in [1.165, 1.54) is 24.4 Å². The minimum atomic E-state index is -1.18. The molecule has 1 aromatic heterocycles. The molecule has 0 bridgehead atoms. The lowest BCUT2D eigenvalue weighted by Crippen LogP contribution is -2.01. The summed E-state index contributed by atoms with van der Waals surface area (Å²) in [6.45, 7) is 0. The van der Waals surface area contributed by atoms with E-state index in [1.807, 2.05) is 0 Å². The Balaban J connectivity index is 2.37. The van der Waals surface area contributed by atoms with Gasteiger partial charge in [-0.1, -0.05) is 15.9 Å². The van der Waals surface area contributed by atoms with E-state index in [4.69, 9.17) is 9.84 Å². The van der Waals surface area contributed by atoms with E-state index in [0.717, 1.165) is 6.20 Å². The van der Waals surface area contributed by atoms with Crippen molar-refractivity contribution in [3.05, 3.63) is 52.5 Å². The van der Waals surface area contributed by atoms with Crippen LogP contribution in [-0.2, 0) is 0 Å². The zero-order valence-corrected chi connectivity index (χ0v) is 10.5. The maximum Gasteiger partial charge on any atom is 0.341 e. The van der Waals surface area contributed by atoms with Crippen LogP contribution < -0.4 is 4.74 Å². The Kier molecular flexibility index (Phi) is 3.57. The molecule has 0 aliphatic carbocycles. The Morgan fingerprint density at radius 1 is 1.33 bits per heavy atom. The van der Waals surface area contributed by atoms with Gasteiger partial charge in [0.2, 0.25) is 0 Å². The van der Waals surface area contributed by atoms with Crippen molar-refractivity contribution in [1.82, 2.24) is 4.98 Å². The maximum atomic E-state index is 13.6. The molecule has 2 rings (SSSR count). The largest absolute Gasteiger partial charge is 0.477 e. The zero-order valence-electron chi connectivity index (χ0n) is 8.93. The van der Waals surface area contributed by atoms with Crippen LogP contribution in [0.3, 0.4) is 0 Å². The van der Waals surface area contributed by atoms with Gasteiger partial charge in [0.05, 0.1) is 0 Å². The lowest BCUT2D eigenvalue weighted by atomic mass is 10.2. The molecule has 0 fully saturated rings. The van der Waals surface area contributed by atoms with Crippen molar-refractivity contribution in [1.29, 1.82) is 0 Å². The molecule has 0 amide bonds. The van der Waals surface area contributed by atoms with Gasteiger partial charge in [-0.2, -0.15) is 0 Å². The molecule has 18 heavy (non-hydrogen) atoms. The van der Waals surface area contributed by atoms with Crippen molar-refractivity contribution in [3.8, 4) is 11.5 Å². The number of halogens is 2. The molecule has 0 saturated carbocycles. The topological polar surface area (TPSA) is 59.4 Å². The van der Waals surface area contributed by atoms with Gasteiger partial charge >= 0.3 is 5.97 Å². The van der Waals surface area contributed by atoms with Crippen LogP contribution in [0.5, 0.6) is 11.5 Å². The summed E-state index contributed by atoms with van der Waals surface area (Å²) in [4.78, 5) is 14.6. The first kappa shape index (κ1) is 12.5. The third kappa shape index (κ3) is 2.65. The van der Waals surface area contributed by atoms with Gasteiger partial charge in [0.15, 0.2) is 11.6 Å². The van der Waals surface area contributed by atoms with E-state index in [-0.39, 0.29) is 17.1 Å². The molecule has 1 aromatic carbocycles. The summed E-state index contributed by atoms with van der Waals surface area (Å²) in [6, 6.07) is 5.60. The number of aromatic carboxylic acids is 1. The molecule has 0 unspecified atom stereocenters. The number of rotatable bonds is 3. The second-order valence-electron chi connectivity index (χ2n) is 3.35. The van der Waals surface area contributed by atoms with Crippen LogP contribution in [0, 0.1) is 5.82 Å². The van der Waals surface area contributed by atoms with E-state index in [1.54, 1.807) is 6.07 Å². The standard InChI is InChI=1S/C12H7BrFNO3/c13-7-1-2-11(9(14)5-7)18-10-3-4-15-6-8(10)12(16)17/h1-6H,(H,16,17). The van der Waals surface area contributed by atoms with Gasteiger partial charge in [-0.15, -0.1) is 0 Å². The predicted octanol–water partition coefficient (Wildman–Crippen LogP) is 3.47. The highest BCUT2D eigenvalue weighted by Gasteiger charge is 2.13. The van der Waals surface area contributed by atoms with E-state index in [9.17, 15) is 9.18 Å². The van der Waals surface area contributed by atoms with Crippen molar-refractivity contribution >= 4 is 21.9 Å². The molecule has 0 aliphatic rings. The molecule has 6 heteroatoms. The lowest BCUT2D eigenvalue weighted by molar-refractivity contribution is 0.0693. The van der Waals surface area contributed by atoms with Crippen molar-refractivity contribution in [2.75, 3.05) is 0 Å². The fourth-order valence-electron chi connectivity index (χ4n) is 1.31. The molecule has 0 saturated heterocycles. The van der Waals surface area contributed by atoms with Gasteiger partial charge in [0.25, 0.3) is 0 Å². The van der Waals surface area contributed by atoms with E-state index in [0.29, 0.717) is 4.47 Å². The van der Waals surface area contributed by atoms with Crippen molar-refractivity contribution in [2.24, 2.45) is 0 Å². The first-order valence-electron chi connectivity index (χ1n) is 4.88. The minimum absolute atomic E-state index is 0.0405. The third-order valence-corrected chi connectivity index (χ3v) is 2.62. The van der Waals surface area contributed by atoms with Gasteiger partial charge in [0, 0.05) is 22.9 Å². The number of aromatic nitrogens is 1. The van der Waals surface area contributed by atoms with Crippen LogP contribution in [0.15, 0.2) is 41.1 Å². The molecule has 0 atom stereocenters. The number of benzene rings is 1. The normalized spacial score (nSPS) is 10.1. The van der Waals surface area contributed by atoms with E-state index >= 15 is 0 Å². The van der Waals surface area contributed by atoms with Crippen LogP contribution in [-0.4, -0.2) is 16.1 Å². The number of carboxylic acids is 1. The highest BCUT2D eigenvalue weighted by molar-refractivity contribution is 9.10. The Bertz CT molecular complexity index is 604. The SMILES string of the molecule is O=C(O)c1cnccc1Oc1ccc(Br)cc1F. The first-order valence-corrected chi connectivity index (χ1v) is 5.67. The second kappa shape index (κ2) is 5.14. The smallest absolute Gasteiger partial charge is 0.341 e. The summed E-state index contributed by atoms with van der Waals surface area (Å²) in [5, 5.41) is 8.94. The lowest BCUT2D eigenvalue weighted by Gasteiger charge is -2.08. The number of carboxylic acid groups (broad SMARTS) is 1. The Labute approximate surface area is 110 Å². The number of carbonyl (C=O) groups is 1. The molecule has 2 aromatic rings. The van der Waals surface area contributed by atoms with Crippen LogP contribution in [0.2, 0.25) is 0 Å². The summed E-state index contributed by atoms with van der Waals surface area (Å²) in [5.74, 6) is -1.78. The van der Waals surface area contributed by atoms with Gasteiger partial charge in [-0.05, 0) is 18.2 Å². The molecule has 0 radical (unpaired) electrons. The fraction of sp³-hybridized carbons (Fsp3) is 0.